The van der Waals surface area contributed by atoms with Crippen LogP contribution in [0.5, 0.6) is 5.75 Å². The maximum atomic E-state index is 13.0. The number of ether oxygens (including phenoxy) is 3. The van der Waals surface area contributed by atoms with Crippen molar-refractivity contribution in [3.05, 3.63) is 35.2 Å². The molecule has 2 fully saturated rings. The van der Waals surface area contributed by atoms with Crippen LogP contribution in [0.3, 0.4) is 0 Å². The number of hydrogen-bond acceptors (Lipinski definition) is 6. The summed E-state index contributed by atoms with van der Waals surface area (Å²) in [5, 5.41) is 1.99. The highest BCUT2D eigenvalue weighted by Crippen LogP contribution is 2.34. The first kappa shape index (κ1) is 16.9. The van der Waals surface area contributed by atoms with Gasteiger partial charge >= 0.3 is 0 Å². The Bertz CT molecular complexity index is 1020. The highest BCUT2D eigenvalue weighted by molar-refractivity contribution is 7.20. The highest BCUT2D eigenvalue weighted by atomic mass is 32.1. The molecule has 1 aromatic carbocycles. The summed E-state index contributed by atoms with van der Waals surface area (Å²) in [6, 6.07) is 9.82. The molecule has 2 aliphatic rings. The number of carbonyl (C=O) groups excluding carboxylic acids is 1. The molecular weight excluding hydrogens is 364 g/mol. The Morgan fingerprint density at radius 2 is 1.93 bits per heavy atom. The molecule has 1 amide bonds. The Kier molecular flexibility index (Phi) is 4.03. The number of nitrogens with zero attached hydrogens (tertiary/aromatic N) is 2. The number of fused-ring (bicyclic) bond motifs is 2. The van der Waals surface area contributed by atoms with Gasteiger partial charge in [-0.15, -0.1) is 11.3 Å². The molecule has 6 nitrogen and oxygen atoms in total. The van der Waals surface area contributed by atoms with Gasteiger partial charge in [0.2, 0.25) is 0 Å². The van der Waals surface area contributed by atoms with Crippen molar-refractivity contribution >= 4 is 38.4 Å². The van der Waals surface area contributed by atoms with Crippen molar-refractivity contribution in [1.29, 1.82) is 0 Å². The van der Waals surface area contributed by atoms with Crippen LogP contribution in [0.1, 0.15) is 22.5 Å². The number of hydrogen-bond donors (Lipinski definition) is 0. The molecule has 4 heterocycles. The third-order valence-electron chi connectivity index (χ3n) is 5.34. The number of thiophene rings is 1. The second-order valence-corrected chi connectivity index (χ2v) is 7.98. The molecule has 7 heteroatoms. The number of pyridine rings is 1. The molecule has 0 aliphatic carbocycles. The molecule has 0 unspecified atom stereocenters. The second-order valence-electron chi connectivity index (χ2n) is 6.95. The van der Waals surface area contributed by atoms with Gasteiger partial charge in [0.1, 0.15) is 10.6 Å². The standard InChI is InChI=1S/C20H20N2O4S/c1-24-15-2-3-16-13(11-15)10-14-12-17(27-18(14)21-16)19(23)22-6-4-20(5-7-22)25-8-9-26-20/h2-3,10-12H,4-9H2,1H3. The van der Waals surface area contributed by atoms with Crippen LogP contribution < -0.4 is 4.74 Å². The first-order valence-corrected chi connectivity index (χ1v) is 9.93. The minimum Gasteiger partial charge on any atom is -0.497 e. The molecule has 0 N–H and O–H groups in total. The smallest absolute Gasteiger partial charge is 0.264 e. The van der Waals surface area contributed by atoms with Crippen LogP contribution in [-0.4, -0.2) is 55.0 Å². The van der Waals surface area contributed by atoms with Gasteiger partial charge in [-0.25, -0.2) is 4.98 Å². The number of benzene rings is 1. The van der Waals surface area contributed by atoms with E-state index >= 15 is 0 Å². The monoisotopic (exact) mass is 384 g/mol. The number of aromatic nitrogens is 1. The van der Waals surface area contributed by atoms with Gasteiger partial charge in [0.15, 0.2) is 5.79 Å². The van der Waals surface area contributed by atoms with E-state index in [0.29, 0.717) is 26.3 Å². The average molecular weight is 384 g/mol. The number of amides is 1. The number of rotatable bonds is 2. The van der Waals surface area contributed by atoms with E-state index in [1.807, 2.05) is 29.2 Å². The number of carbonyl (C=O) groups is 1. The van der Waals surface area contributed by atoms with E-state index in [0.717, 1.165) is 44.6 Å². The van der Waals surface area contributed by atoms with Crippen LogP contribution in [0.25, 0.3) is 21.1 Å². The molecule has 0 atom stereocenters. The van der Waals surface area contributed by atoms with Crippen LogP contribution in [-0.2, 0) is 9.47 Å². The molecule has 27 heavy (non-hydrogen) atoms. The highest BCUT2D eigenvalue weighted by Gasteiger charge is 2.41. The minimum atomic E-state index is -0.463. The zero-order valence-electron chi connectivity index (χ0n) is 15.1. The average Bonchev–Trinajstić information content (AvgIpc) is 3.32. The van der Waals surface area contributed by atoms with Gasteiger partial charge in [-0.05, 0) is 30.3 Å². The third-order valence-corrected chi connectivity index (χ3v) is 6.38. The second kappa shape index (κ2) is 6.44. The van der Waals surface area contributed by atoms with Gasteiger partial charge < -0.3 is 19.1 Å². The van der Waals surface area contributed by atoms with Crippen molar-refractivity contribution in [2.45, 2.75) is 18.6 Å². The maximum absolute atomic E-state index is 13.0. The molecule has 140 valence electrons. The molecule has 1 spiro atoms. The van der Waals surface area contributed by atoms with Crippen molar-refractivity contribution in [3.63, 3.8) is 0 Å². The summed E-state index contributed by atoms with van der Waals surface area (Å²) in [7, 11) is 1.65. The zero-order valence-corrected chi connectivity index (χ0v) is 15.9. The first-order valence-electron chi connectivity index (χ1n) is 9.11. The summed E-state index contributed by atoms with van der Waals surface area (Å²) in [6.07, 6.45) is 1.46. The normalized spacial score (nSPS) is 19.2. The topological polar surface area (TPSA) is 60.9 Å². The molecule has 3 aromatic rings. The largest absolute Gasteiger partial charge is 0.497 e. The van der Waals surface area contributed by atoms with Crippen molar-refractivity contribution in [1.82, 2.24) is 9.88 Å². The summed E-state index contributed by atoms with van der Waals surface area (Å²) in [5.41, 5.74) is 0.902. The van der Waals surface area contributed by atoms with Crippen molar-refractivity contribution in [2.75, 3.05) is 33.4 Å². The molecule has 0 bridgehead atoms. The quantitative estimate of drug-likeness (QED) is 0.677. The van der Waals surface area contributed by atoms with E-state index < -0.39 is 5.79 Å². The molecule has 2 aromatic heterocycles. The lowest BCUT2D eigenvalue weighted by atomic mass is 10.0. The van der Waals surface area contributed by atoms with E-state index in [1.165, 1.54) is 11.3 Å². The molecule has 0 saturated carbocycles. The van der Waals surface area contributed by atoms with Crippen molar-refractivity contribution in [2.24, 2.45) is 0 Å². The van der Waals surface area contributed by atoms with E-state index in [9.17, 15) is 4.79 Å². The van der Waals surface area contributed by atoms with Gasteiger partial charge in [-0.2, -0.15) is 0 Å². The van der Waals surface area contributed by atoms with Gasteiger partial charge in [-0.3, -0.25) is 4.79 Å². The predicted molar refractivity (Wildman–Crippen MR) is 103 cm³/mol. The van der Waals surface area contributed by atoms with E-state index in [4.69, 9.17) is 19.2 Å². The SMILES string of the molecule is COc1ccc2nc3sc(C(=O)N4CCC5(CC4)OCCO5)cc3cc2c1. The van der Waals surface area contributed by atoms with Gasteiger partial charge in [0.05, 0.1) is 30.7 Å². The van der Waals surface area contributed by atoms with Crippen molar-refractivity contribution in [3.8, 4) is 5.75 Å². The summed E-state index contributed by atoms with van der Waals surface area (Å²) < 4.78 is 16.8. The fourth-order valence-electron chi connectivity index (χ4n) is 3.84. The fourth-order valence-corrected chi connectivity index (χ4v) is 4.83. The molecule has 2 saturated heterocycles. The number of methoxy groups -OCH3 is 1. The Balaban J connectivity index is 1.41. The zero-order chi connectivity index (χ0) is 18.4. The molecule has 2 aliphatic heterocycles. The first-order chi connectivity index (χ1) is 13.2. The van der Waals surface area contributed by atoms with Crippen LogP contribution >= 0.6 is 11.3 Å². The summed E-state index contributed by atoms with van der Waals surface area (Å²) >= 11 is 1.45. The Hall–Kier alpha value is -2.22. The van der Waals surface area contributed by atoms with E-state index in [-0.39, 0.29) is 5.91 Å². The number of piperidine rings is 1. The summed E-state index contributed by atoms with van der Waals surface area (Å²) in [6.45, 7) is 2.60. The lowest BCUT2D eigenvalue weighted by molar-refractivity contribution is -0.181. The van der Waals surface area contributed by atoms with Crippen LogP contribution in [0.2, 0.25) is 0 Å². The lowest BCUT2D eigenvalue weighted by Gasteiger charge is -2.37. The molecule has 5 rings (SSSR count). The molecular formula is C20H20N2O4S. The Morgan fingerprint density at radius 1 is 1.15 bits per heavy atom. The Morgan fingerprint density at radius 3 is 2.67 bits per heavy atom. The third kappa shape index (κ3) is 2.96. The Labute approximate surface area is 160 Å². The van der Waals surface area contributed by atoms with Gasteiger partial charge in [0.25, 0.3) is 5.91 Å². The predicted octanol–water partition coefficient (Wildman–Crippen LogP) is 3.44. The van der Waals surface area contributed by atoms with Crippen LogP contribution in [0, 0.1) is 0 Å². The van der Waals surface area contributed by atoms with Crippen LogP contribution in [0.15, 0.2) is 30.3 Å². The summed E-state index contributed by atoms with van der Waals surface area (Å²) in [4.78, 5) is 21.2. The molecule has 0 radical (unpaired) electrons. The van der Waals surface area contributed by atoms with Gasteiger partial charge in [0, 0.05) is 36.7 Å². The minimum absolute atomic E-state index is 0.0625. The number of likely N-dealkylation sites (tertiary alicyclic amines) is 1. The van der Waals surface area contributed by atoms with Crippen molar-refractivity contribution < 1.29 is 19.0 Å². The lowest BCUT2D eigenvalue weighted by Crippen LogP contribution is -2.47. The van der Waals surface area contributed by atoms with Crippen LogP contribution in [0.4, 0.5) is 0 Å². The fraction of sp³-hybridized carbons (Fsp3) is 0.400. The van der Waals surface area contributed by atoms with Gasteiger partial charge in [-0.1, -0.05) is 0 Å². The van der Waals surface area contributed by atoms with E-state index in [2.05, 4.69) is 6.07 Å². The maximum Gasteiger partial charge on any atom is 0.264 e. The van der Waals surface area contributed by atoms with E-state index in [1.54, 1.807) is 7.11 Å². The summed E-state index contributed by atoms with van der Waals surface area (Å²) in [5.74, 6) is 0.399.